The van der Waals surface area contributed by atoms with Crippen molar-refractivity contribution in [2.75, 3.05) is 6.61 Å². The Hall–Kier alpha value is -2.43. The van der Waals surface area contributed by atoms with E-state index in [1.165, 1.54) is 12.1 Å². The van der Waals surface area contributed by atoms with Crippen LogP contribution in [-0.4, -0.2) is 18.4 Å². The standard InChI is InChI=1S/C22H26FNO3/c1-3-4-5-12-27-22(26)19-14(2)24-17-10-7-11-18(25)21(17)20(19)15-8-6-9-16(23)13-15/h6,8-9,13,20,24H,3-5,7,10-12H2,1-2H3/t20-/m0/s1. The number of ketones is 1. The molecule has 1 aliphatic heterocycles. The molecule has 144 valence electrons. The zero-order valence-electron chi connectivity index (χ0n) is 15.9. The molecule has 0 saturated heterocycles. The molecule has 0 spiro atoms. The number of Topliss-reactive ketones (excluding diaryl/α,β-unsaturated/α-hetero) is 1. The molecule has 1 atom stereocenters. The summed E-state index contributed by atoms with van der Waals surface area (Å²) in [6.45, 7) is 4.25. The smallest absolute Gasteiger partial charge is 0.336 e. The maximum absolute atomic E-state index is 13.9. The summed E-state index contributed by atoms with van der Waals surface area (Å²) < 4.78 is 19.4. The molecule has 0 aromatic heterocycles. The molecule has 0 bridgehead atoms. The highest BCUT2D eigenvalue weighted by atomic mass is 19.1. The predicted molar refractivity (Wildman–Crippen MR) is 101 cm³/mol. The monoisotopic (exact) mass is 371 g/mol. The molecule has 0 unspecified atom stereocenters. The van der Waals surface area contributed by atoms with Crippen LogP contribution in [0.15, 0.2) is 46.8 Å². The van der Waals surface area contributed by atoms with Crippen LogP contribution in [0.4, 0.5) is 4.39 Å². The van der Waals surface area contributed by atoms with Gasteiger partial charge in [-0.05, 0) is 43.9 Å². The quantitative estimate of drug-likeness (QED) is 0.590. The van der Waals surface area contributed by atoms with E-state index in [1.807, 2.05) is 6.92 Å². The Morgan fingerprint density at radius 1 is 1.30 bits per heavy atom. The molecule has 0 radical (unpaired) electrons. The lowest BCUT2D eigenvalue weighted by Gasteiger charge is -2.34. The zero-order chi connectivity index (χ0) is 19.4. The maximum Gasteiger partial charge on any atom is 0.336 e. The topological polar surface area (TPSA) is 55.4 Å². The van der Waals surface area contributed by atoms with Crippen molar-refractivity contribution < 1.29 is 18.7 Å². The number of hydrogen-bond acceptors (Lipinski definition) is 4. The van der Waals surface area contributed by atoms with E-state index in [-0.39, 0.29) is 11.6 Å². The van der Waals surface area contributed by atoms with Crippen molar-refractivity contribution >= 4 is 11.8 Å². The van der Waals surface area contributed by atoms with Crippen molar-refractivity contribution in [3.05, 3.63) is 58.2 Å². The largest absolute Gasteiger partial charge is 0.462 e. The second-order valence-corrected chi connectivity index (χ2v) is 7.16. The summed E-state index contributed by atoms with van der Waals surface area (Å²) >= 11 is 0. The molecule has 5 heteroatoms. The van der Waals surface area contributed by atoms with Gasteiger partial charge in [0.1, 0.15) is 5.82 Å². The molecule has 0 amide bonds. The van der Waals surface area contributed by atoms with E-state index in [4.69, 9.17) is 4.74 Å². The molecule has 4 nitrogen and oxygen atoms in total. The number of rotatable bonds is 6. The zero-order valence-corrected chi connectivity index (χ0v) is 15.9. The number of ether oxygens (including phenoxy) is 1. The van der Waals surface area contributed by atoms with Crippen LogP contribution in [0.1, 0.15) is 63.9 Å². The Kier molecular flexibility index (Phi) is 6.09. The second-order valence-electron chi connectivity index (χ2n) is 7.16. The van der Waals surface area contributed by atoms with Gasteiger partial charge in [0.2, 0.25) is 0 Å². The molecular weight excluding hydrogens is 345 g/mol. The van der Waals surface area contributed by atoms with Crippen LogP contribution < -0.4 is 5.32 Å². The Morgan fingerprint density at radius 3 is 2.85 bits per heavy atom. The highest BCUT2D eigenvalue weighted by Gasteiger charge is 2.39. The molecule has 0 fully saturated rings. The third-order valence-electron chi connectivity index (χ3n) is 5.16. The van der Waals surface area contributed by atoms with Crippen LogP contribution in [0.3, 0.4) is 0 Å². The van der Waals surface area contributed by atoms with Crippen LogP contribution in [0.5, 0.6) is 0 Å². The fraction of sp³-hybridized carbons (Fsp3) is 0.455. The van der Waals surface area contributed by atoms with Gasteiger partial charge < -0.3 is 10.1 Å². The van der Waals surface area contributed by atoms with Crippen LogP contribution in [0.25, 0.3) is 0 Å². The van der Waals surface area contributed by atoms with Crippen molar-refractivity contribution in [2.45, 2.75) is 58.3 Å². The van der Waals surface area contributed by atoms with Gasteiger partial charge in [-0.15, -0.1) is 0 Å². The number of dihydropyridines is 1. The first kappa shape index (κ1) is 19.3. The SMILES string of the molecule is CCCCCOC(=O)C1=C(C)NC2=C(C(=O)CCC2)[C@H]1c1cccc(F)c1. The Morgan fingerprint density at radius 2 is 2.11 bits per heavy atom. The van der Waals surface area contributed by atoms with Gasteiger partial charge in [0.05, 0.1) is 12.2 Å². The summed E-state index contributed by atoms with van der Waals surface area (Å²) in [6, 6.07) is 6.14. The van der Waals surface area contributed by atoms with Crippen molar-refractivity contribution in [1.29, 1.82) is 0 Å². The average Bonchev–Trinajstić information content (AvgIpc) is 2.64. The minimum absolute atomic E-state index is 0.0156. The fourth-order valence-corrected chi connectivity index (χ4v) is 3.87. The first-order valence-corrected chi connectivity index (χ1v) is 9.69. The van der Waals surface area contributed by atoms with E-state index in [0.29, 0.717) is 35.4 Å². The normalized spacial score (nSPS) is 19.7. The summed E-state index contributed by atoms with van der Waals surface area (Å²) in [4.78, 5) is 25.6. The van der Waals surface area contributed by atoms with Gasteiger partial charge in [-0.3, -0.25) is 4.79 Å². The van der Waals surface area contributed by atoms with Gasteiger partial charge in [-0.1, -0.05) is 31.9 Å². The maximum atomic E-state index is 13.9. The number of carbonyl (C=O) groups is 2. The lowest BCUT2D eigenvalue weighted by Crippen LogP contribution is -2.34. The molecule has 1 aromatic rings. The molecule has 1 heterocycles. The van der Waals surface area contributed by atoms with Crippen molar-refractivity contribution in [3.8, 4) is 0 Å². The van der Waals surface area contributed by atoms with Gasteiger partial charge in [-0.25, -0.2) is 9.18 Å². The van der Waals surface area contributed by atoms with Gasteiger partial charge in [0.25, 0.3) is 0 Å². The lowest BCUT2D eigenvalue weighted by molar-refractivity contribution is -0.139. The van der Waals surface area contributed by atoms with Gasteiger partial charge >= 0.3 is 5.97 Å². The average molecular weight is 371 g/mol. The van der Waals surface area contributed by atoms with E-state index >= 15 is 0 Å². The number of carbonyl (C=O) groups excluding carboxylic acids is 2. The highest BCUT2D eigenvalue weighted by Crippen LogP contribution is 2.42. The van der Waals surface area contributed by atoms with E-state index in [9.17, 15) is 14.0 Å². The summed E-state index contributed by atoms with van der Waals surface area (Å²) in [5, 5.41) is 3.24. The van der Waals surface area contributed by atoms with Gasteiger partial charge in [0, 0.05) is 29.3 Å². The van der Waals surface area contributed by atoms with Crippen LogP contribution in [-0.2, 0) is 14.3 Å². The van der Waals surface area contributed by atoms with E-state index in [0.717, 1.165) is 37.8 Å². The molecule has 0 saturated carbocycles. The second kappa shape index (κ2) is 8.51. The molecule has 1 N–H and O–H groups in total. The third kappa shape index (κ3) is 4.12. The number of hydrogen-bond donors (Lipinski definition) is 1. The van der Waals surface area contributed by atoms with Gasteiger partial charge in [-0.2, -0.15) is 0 Å². The Bertz CT molecular complexity index is 810. The van der Waals surface area contributed by atoms with E-state index in [2.05, 4.69) is 12.2 Å². The van der Waals surface area contributed by atoms with E-state index < -0.39 is 11.9 Å². The van der Waals surface area contributed by atoms with Crippen molar-refractivity contribution in [3.63, 3.8) is 0 Å². The van der Waals surface area contributed by atoms with Crippen molar-refractivity contribution in [2.24, 2.45) is 0 Å². The minimum Gasteiger partial charge on any atom is -0.462 e. The number of halogens is 1. The third-order valence-corrected chi connectivity index (χ3v) is 5.16. The first-order valence-electron chi connectivity index (χ1n) is 9.69. The lowest BCUT2D eigenvalue weighted by atomic mass is 9.75. The predicted octanol–water partition coefficient (Wildman–Crippen LogP) is 4.53. The number of esters is 1. The molecule has 1 aromatic carbocycles. The van der Waals surface area contributed by atoms with Crippen LogP contribution in [0.2, 0.25) is 0 Å². The van der Waals surface area contributed by atoms with Gasteiger partial charge in [0.15, 0.2) is 5.78 Å². The van der Waals surface area contributed by atoms with Crippen LogP contribution in [0, 0.1) is 5.82 Å². The molecular formula is C22H26FNO3. The Labute approximate surface area is 159 Å². The Balaban J connectivity index is 1.99. The van der Waals surface area contributed by atoms with Crippen LogP contribution >= 0.6 is 0 Å². The molecule has 2 aliphatic rings. The molecule has 1 aliphatic carbocycles. The number of benzene rings is 1. The molecule has 27 heavy (non-hydrogen) atoms. The summed E-state index contributed by atoms with van der Waals surface area (Å²) in [5.41, 5.74) is 3.13. The minimum atomic E-state index is -0.580. The number of unbranched alkanes of at least 4 members (excludes halogenated alkanes) is 2. The number of nitrogens with one attached hydrogen (secondary N) is 1. The first-order chi connectivity index (χ1) is 13.0. The molecule has 3 rings (SSSR count). The summed E-state index contributed by atoms with van der Waals surface area (Å²) in [6.07, 6.45) is 4.82. The van der Waals surface area contributed by atoms with Crippen molar-refractivity contribution in [1.82, 2.24) is 5.32 Å². The summed E-state index contributed by atoms with van der Waals surface area (Å²) in [5.74, 6) is -1.38. The van der Waals surface area contributed by atoms with E-state index in [1.54, 1.807) is 12.1 Å². The number of allylic oxidation sites excluding steroid dienone is 3. The highest BCUT2D eigenvalue weighted by molar-refractivity contribution is 6.03. The summed E-state index contributed by atoms with van der Waals surface area (Å²) in [7, 11) is 0. The fourth-order valence-electron chi connectivity index (χ4n) is 3.87.